The number of hydrogen-bond donors (Lipinski definition) is 1. The second-order valence-corrected chi connectivity index (χ2v) is 9.95. The SMILES string of the molecule is Cc1cc(Cl)ccc1S(=O)(=O)Nc1cc(Br)c(Oc2cncc(Cl)c2)cc1Br. The third-order valence-corrected chi connectivity index (χ3v) is 6.84. The van der Waals surface area contributed by atoms with Crippen molar-refractivity contribution >= 4 is 70.8 Å². The molecule has 0 radical (unpaired) electrons. The molecule has 1 N–H and O–H groups in total. The number of nitrogens with one attached hydrogen (secondary N) is 1. The number of sulfonamides is 1. The van der Waals surface area contributed by atoms with Gasteiger partial charge in [-0.1, -0.05) is 23.2 Å². The lowest BCUT2D eigenvalue weighted by Crippen LogP contribution is -2.14. The molecule has 0 saturated heterocycles. The molecule has 5 nitrogen and oxygen atoms in total. The van der Waals surface area contributed by atoms with Gasteiger partial charge in [-0.15, -0.1) is 0 Å². The Kier molecular flexibility index (Phi) is 6.56. The van der Waals surface area contributed by atoms with E-state index in [-0.39, 0.29) is 4.90 Å². The van der Waals surface area contributed by atoms with Crippen LogP contribution in [0.1, 0.15) is 5.56 Å². The molecule has 0 atom stereocenters. The first-order valence-electron chi connectivity index (χ1n) is 7.72. The molecule has 0 saturated carbocycles. The number of pyridine rings is 1. The summed E-state index contributed by atoms with van der Waals surface area (Å²) < 4.78 is 34.9. The van der Waals surface area contributed by atoms with Gasteiger partial charge in [-0.2, -0.15) is 0 Å². The van der Waals surface area contributed by atoms with Crippen LogP contribution < -0.4 is 9.46 Å². The Morgan fingerprint density at radius 1 is 1.00 bits per heavy atom. The van der Waals surface area contributed by atoms with Crippen molar-refractivity contribution in [2.75, 3.05) is 4.72 Å². The van der Waals surface area contributed by atoms with Crippen LogP contribution in [0.15, 0.2) is 62.6 Å². The Morgan fingerprint density at radius 2 is 1.75 bits per heavy atom. The van der Waals surface area contributed by atoms with Crippen molar-refractivity contribution in [1.82, 2.24) is 4.98 Å². The smallest absolute Gasteiger partial charge is 0.262 e. The van der Waals surface area contributed by atoms with E-state index in [1.165, 1.54) is 24.5 Å². The molecule has 10 heteroatoms. The summed E-state index contributed by atoms with van der Waals surface area (Å²) in [5.74, 6) is 0.909. The van der Waals surface area contributed by atoms with Crippen LogP contribution >= 0.6 is 55.1 Å². The molecule has 0 amide bonds. The molecule has 28 heavy (non-hydrogen) atoms. The van der Waals surface area contributed by atoms with Crippen molar-refractivity contribution in [2.45, 2.75) is 11.8 Å². The van der Waals surface area contributed by atoms with Crippen LogP contribution in [-0.4, -0.2) is 13.4 Å². The lowest BCUT2D eigenvalue weighted by molar-refractivity contribution is 0.477. The second kappa shape index (κ2) is 8.59. The van der Waals surface area contributed by atoms with Crippen molar-refractivity contribution in [1.29, 1.82) is 0 Å². The van der Waals surface area contributed by atoms with Crippen molar-refractivity contribution in [2.24, 2.45) is 0 Å². The molecule has 1 heterocycles. The van der Waals surface area contributed by atoms with Crippen molar-refractivity contribution in [3.8, 4) is 11.5 Å². The number of ether oxygens (including phenoxy) is 1. The Hall–Kier alpha value is -1.32. The standard InChI is InChI=1S/C18H12Br2Cl2N2O3S/c1-10-4-11(21)2-3-18(10)28(25,26)24-16-6-15(20)17(7-14(16)19)27-13-5-12(22)8-23-9-13/h2-9,24H,1H3. The second-order valence-electron chi connectivity index (χ2n) is 5.72. The molecule has 0 spiro atoms. The third kappa shape index (κ3) is 4.99. The van der Waals surface area contributed by atoms with Gasteiger partial charge < -0.3 is 4.74 Å². The van der Waals surface area contributed by atoms with Gasteiger partial charge in [-0.3, -0.25) is 9.71 Å². The van der Waals surface area contributed by atoms with Crippen molar-refractivity contribution < 1.29 is 13.2 Å². The van der Waals surface area contributed by atoms with Gasteiger partial charge >= 0.3 is 0 Å². The highest BCUT2D eigenvalue weighted by Gasteiger charge is 2.19. The predicted molar refractivity (Wildman–Crippen MR) is 118 cm³/mol. The maximum absolute atomic E-state index is 12.8. The summed E-state index contributed by atoms with van der Waals surface area (Å²) in [7, 11) is -3.81. The summed E-state index contributed by atoms with van der Waals surface area (Å²) in [4.78, 5) is 4.11. The topological polar surface area (TPSA) is 68.3 Å². The van der Waals surface area contributed by atoms with Crippen molar-refractivity contribution in [3.05, 3.63) is 73.3 Å². The van der Waals surface area contributed by atoms with Gasteiger partial charge in [0.05, 0.1) is 26.3 Å². The minimum Gasteiger partial charge on any atom is -0.454 e. The zero-order valence-corrected chi connectivity index (χ0v) is 19.7. The highest BCUT2D eigenvalue weighted by molar-refractivity contribution is 9.11. The summed E-state index contributed by atoms with van der Waals surface area (Å²) in [5.41, 5.74) is 0.890. The molecule has 0 unspecified atom stereocenters. The van der Waals surface area contributed by atoms with Crippen LogP contribution in [0.2, 0.25) is 10.0 Å². The average molecular weight is 567 g/mol. The molecule has 0 aliphatic rings. The van der Waals surface area contributed by atoms with Crippen LogP contribution in [0.5, 0.6) is 11.5 Å². The molecule has 0 aliphatic carbocycles. The fraction of sp³-hybridized carbons (Fsp3) is 0.0556. The van der Waals surface area contributed by atoms with Gasteiger partial charge in [0, 0.05) is 21.8 Å². The minimum atomic E-state index is -3.81. The zero-order chi connectivity index (χ0) is 20.5. The van der Waals surface area contributed by atoms with Crippen LogP contribution in [0.25, 0.3) is 0 Å². The summed E-state index contributed by atoms with van der Waals surface area (Å²) in [6.45, 7) is 1.68. The van der Waals surface area contributed by atoms with E-state index in [0.29, 0.717) is 41.7 Å². The molecular weight excluding hydrogens is 555 g/mol. The highest BCUT2D eigenvalue weighted by Crippen LogP contribution is 2.38. The summed E-state index contributed by atoms with van der Waals surface area (Å²) >= 11 is 18.6. The molecule has 0 aliphatic heterocycles. The van der Waals surface area contributed by atoms with Crippen LogP contribution in [-0.2, 0) is 10.0 Å². The summed E-state index contributed by atoms with van der Waals surface area (Å²) in [6.07, 6.45) is 3.02. The monoisotopic (exact) mass is 564 g/mol. The molecule has 3 rings (SSSR count). The predicted octanol–water partition coefficient (Wildman–Crippen LogP) is 6.81. The number of rotatable bonds is 5. The van der Waals surface area contributed by atoms with E-state index in [1.807, 2.05) is 0 Å². The van der Waals surface area contributed by atoms with E-state index >= 15 is 0 Å². The first-order chi connectivity index (χ1) is 13.2. The molecular formula is C18H12Br2Cl2N2O3S. The van der Waals surface area contributed by atoms with Crippen LogP contribution in [0, 0.1) is 6.92 Å². The summed E-state index contributed by atoms with van der Waals surface area (Å²) in [6, 6.07) is 9.44. The van der Waals surface area contributed by atoms with E-state index in [9.17, 15) is 8.42 Å². The number of nitrogens with zero attached hydrogens (tertiary/aromatic N) is 1. The van der Waals surface area contributed by atoms with Gasteiger partial charge in [0.1, 0.15) is 11.5 Å². The number of anilines is 1. The molecule has 2 aromatic carbocycles. The number of aryl methyl sites for hydroxylation is 1. The van der Waals surface area contributed by atoms with Gasteiger partial charge in [-0.25, -0.2) is 8.42 Å². The fourth-order valence-corrected chi connectivity index (χ4v) is 5.04. The van der Waals surface area contributed by atoms with Gasteiger partial charge in [0.25, 0.3) is 10.0 Å². The lowest BCUT2D eigenvalue weighted by Gasteiger charge is -2.14. The Morgan fingerprint density at radius 3 is 2.43 bits per heavy atom. The number of hydrogen-bond acceptors (Lipinski definition) is 4. The largest absolute Gasteiger partial charge is 0.454 e. The van der Waals surface area contributed by atoms with E-state index in [1.54, 1.807) is 31.2 Å². The maximum atomic E-state index is 12.8. The molecule has 1 aromatic heterocycles. The lowest BCUT2D eigenvalue weighted by atomic mass is 10.2. The minimum absolute atomic E-state index is 0.144. The molecule has 3 aromatic rings. The Bertz CT molecular complexity index is 1160. The number of aromatic nitrogens is 1. The van der Waals surface area contributed by atoms with Crippen LogP contribution in [0.4, 0.5) is 5.69 Å². The highest BCUT2D eigenvalue weighted by atomic mass is 79.9. The number of halogens is 4. The molecule has 0 bridgehead atoms. The van der Waals surface area contributed by atoms with E-state index in [2.05, 4.69) is 41.6 Å². The van der Waals surface area contributed by atoms with Gasteiger partial charge in [0.2, 0.25) is 0 Å². The Labute approximate surface area is 189 Å². The first-order valence-corrected chi connectivity index (χ1v) is 11.5. The fourth-order valence-electron chi connectivity index (χ4n) is 2.37. The van der Waals surface area contributed by atoms with Crippen LogP contribution in [0.3, 0.4) is 0 Å². The maximum Gasteiger partial charge on any atom is 0.262 e. The summed E-state index contributed by atoms with van der Waals surface area (Å²) in [5, 5.41) is 0.910. The zero-order valence-electron chi connectivity index (χ0n) is 14.2. The normalized spacial score (nSPS) is 11.3. The average Bonchev–Trinajstić information content (AvgIpc) is 2.58. The van der Waals surface area contributed by atoms with E-state index in [0.717, 1.165) is 0 Å². The van der Waals surface area contributed by atoms with Gasteiger partial charge in [-0.05, 0) is 74.7 Å². The first kappa shape index (κ1) is 21.4. The van der Waals surface area contributed by atoms with E-state index < -0.39 is 10.0 Å². The van der Waals surface area contributed by atoms with Gasteiger partial charge in [0.15, 0.2) is 0 Å². The molecule has 0 fully saturated rings. The van der Waals surface area contributed by atoms with E-state index in [4.69, 9.17) is 27.9 Å². The quantitative estimate of drug-likeness (QED) is 0.368. The Balaban J connectivity index is 1.90. The van der Waals surface area contributed by atoms with Crippen molar-refractivity contribution in [3.63, 3.8) is 0 Å². The number of benzene rings is 2. The molecule has 146 valence electrons. The third-order valence-electron chi connectivity index (χ3n) is 3.60.